The molecular weight excluding hydrogens is 328 g/mol. The summed E-state index contributed by atoms with van der Waals surface area (Å²) in [4.78, 5) is 2.57. The SMILES string of the molecule is CCCN(CCBr)c1ccc(S(=O)(=O)N(C)C)cc1. The van der Waals surface area contributed by atoms with Gasteiger partial charge in [0.05, 0.1) is 4.90 Å². The van der Waals surface area contributed by atoms with Gasteiger partial charge in [0.2, 0.25) is 10.0 Å². The lowest BCUT2D eigenvalue weighted by Gasteiger charge is -2.23. The Morgan fingerprint density at radius 1 is 1.11 bits per heavy atom. The summed E-state index contributed by atoms with van der Waals surface area (Å²) in [6, 6.07) is 7.08. The smallest absolute Gasteiger partial charge is 0.242 e. The van der Waals surface area contributed by atoms with Crippen LogP contribution in [0.3, 0.4) is 0 Å². The molecule has 0 fully saturated rings. The number of rotatable bonds is 7. The largest absolute Gasteiger partial charge is 0.371 e. The molecule has 0 aliphatic rings. The van der Waals surface area contributed by atoms with E-state index in [4.69, 9.17) is 0 Å². The predicted molar refractivity (Wildman–Crippen MR) is 83.6 cm³/mol. The second kappa shape index (κ2) is 7.26. The number of sulfonamides is 1. The fourth-order valence-electron chi connectivity index (χ4n) is 1.78. The highest BCUT2D eigenvalue weighted by atomic mass is 79.9. The van der Waals surface area contributed by atoms with Gasteiger partial charge in [0, 0.05) is 38.2 Å². The first-order chi connectivity index (χ1) is 8.93. The molecule has 0 amide bonds. The van der Waals surface area contributed by atoms with E-state index in [0.717, 1.165) is 30.5 Å². The highest BCUT2D eigenvalue weighted by molar-refractivity contribution is 9.09. The third-order valence-electron chi connectivity index (χ3n) is 2.83. The van der Waals surface area contributed by atoms with E-state index in [2.05, 4.69) is 27.8 Å². The Bertz CT molecular complexity index is 480. The molecule has 0 unspecified atom stereocenters. The molecule has 0 aliphatic heterocycles. The van der Waals surface area contributed by atoms with Crippen molar-refractivity contribution in [2.45, 2.75) is 18.2 Å². The standard InChI is InChI=1S/C13H21BrN2O2S/c1-4-10-16(11-9-14)12-5-7-13(8-6-12)19(17,18)15(2)3/h5-8H,4,9-11H2,1-3H3. The molecule has 19 heavy (non-hydrogen) atoms. The zero-order valence-corrected chi connectivity index (χ0v) is 14.0. The summed E-state index contributed by atoms with van der Waals surface area (Å²) in [5, 5.41) is 0.894. The summed E-state index contributed by atoms with van der Waals surface area (Å²) in [6.07, 6.45) is 1.06. The summed E-state index contributed by atoms with van der Waals surface area (Å²) < 4.78 is 25.2. The lowest BCUT2D eigenvalue weighted by Crippen LogP contribution is -2.26. The van der Waals surface area contributed by atoms with Crippen molar-refractivity contribution >= 4 is 31.6 Å². The highest BCUT2D eigenvalue weighted by Crippen LogP contribution is 2.20. The first-order valence-electron chi connectivity index (χ1n) is 6.27. The number of alkyl halides is 1. The molecule has 1 aromatic rings. The van der Waals surface area contributed by atoms with Crippen LogP contribution in [0.25, 0.3) is 0 Å². The van der Waals surface area contributed by atoms with Gasteiger partial charge in [-0.3, -0.25) is 0 Å². The highest BCUT2D eigenvalue weighted by Gasteiger charge is 2.17. The van der Waals surface area contributed by atoms with Crippen molar-refractivity contribution in [2.24, 2.45) is 0 Å². The lowest BCUT2D eigenvalue weighted by atomic mass is 10.2. The zero-order valence-electron chi connectivity index (χ0n) is 11.6. The first-order valence-corrected chi connectivity index (χ1v) is 8.83. The van der Waals surface area contributed by atoms with Gasteiger partial charge in [-0.1, -0.05) is 22.9 Å². The molecule has 0 spiro atoms. The number of hydrogen-bond acceptors (Lipinski definition) is 3. The first kappa shape index (κ1) is 16.5. The van der Waals surface area contributed by atoms with E-state index in [-0.39, 0.29) is 0 Å². The normalized spacial score (nSPS) is 11.8. The van der Waals surface area contributed by atoms with Gasteiger partial charge in [-0.05, 0) is 30.7 Å². The second-order valence-electron chi connectivity index (χ2n) is 4.46. The molecule has 0 bridgehead atoms. The van der Waals surface area contributed by atoms with Crippen LogP contribution in [0.2, 0.25) is 0 Å². The fourth-order valence-corrected chi connectivity index (χ4v) is 3.11. The fraction of sp³-hybridized carbons (Fsp3) is 0.538. The minimum atomic E-state index is -3.34. The van der Waals surface area contributed by atoms with Crippen molar-refractivity contribution in [3.63, 3.8) is 0 Å². The summed E-state index contributed by atoms with van der Waals surface area (Å²) in [5.74, 6) is 0. The minimum absolute atomic E-state index is 0.330. The molecule has 0 radical (unpaired) electrons. The van der Waals surface area contributed by atoms with Crippen LogP contribution in [0.15, 0.2) is 29.2 Å². The second-order valence-corrected chi connectivity index (χ2v) is 7.40. The summed E-state index contributed by atoms with van der Waals surface area (Å²) in [5.41, 5.74) is 1.05. The van der Waals surface area contributed by atoms with E-state index in [0.29, 0.717) is 4.90 Å². The van der Waals surface area contributed by atoms with Crippen LogP contribution in [0.5, 0.6) is 0 Å². The lowest BCUT2D eigenvalue weighted by molar-refractivity contribution is 0.521. The topological polar surface area (TPSA) is 40.6 Å². The van der Waals surface area contributed by atoms with E-state index in [9.17, 15) is 8.42 Å². The number of hydrogen-bond donors (Lipinski definition) is 0. The minimum Gasteiger partial charge on any atom is -0.371 e. The molecule has 1 rings (SSSR count). The van der Waals surface area contributed by atoms with E-state index in [1.807, 2.05) is 12.1 Å². The van der Waals surface area contributed by atoms with Gasteiger partial charge in [0.25, 0.3) is 0 Å². The van der Waals surface area contributed by atoms with Crippen LogP contribution < -0.4 is 4.90 Å². The Hall–Kier alpha value is -0.590. The average molecular weight is 349 g/mol. The molecule has 0 aliphatic carbocycles. The van der Waals surface area contributed by atoms with Gasteiger partial charge in [-0.15, -0.1) is 0 Å². The maximum Gasteiger partial charge on any atom is 0.242 e. The van der Waals surface area contributed by atoms with Gasteiger partial charge >= 0.3 is 0 Å². The molecule has 0 N–H and O–H groups in total. The van der Waals surface area contributed by atoms with Crippen molar-refractivity contribution in [3.05, 3.63) is 24.3 Å². The van der Waals surface area contributed by atoms with Gasteiger partial charge in [0.1, 0.15) is 0 Å². The molecule has 108 valence electrons. The number of anilines is 1. The maximum atomic E-state index is 12.0. The number of nitrogens with zero attached hydrogens (tertiary/aromatic N) is 2. The third-order valence-corrected chi connectivity index (χ3v) is 5.01. The van der Waals surface area contributed by atoms with Crippen molar-refractivity contribution < 1.29 is 8.42 Å². The van der Waals surface area contributed by atoms with Gasteiger partial charge in [-0.25, -0.2) is 12.7 Å². The molecule has 0 atom stereocenters. The van der Waals surface area contributed by atoms with E-state index < -0.39 is 10.0 Å². The van der Waals surface area contributed by atoms with Crippen LogP contribution in [0.1, 0.15) is 13.3 Å². The Morgan fingerprint density at radius 3 is 2.11 bits per heavy atom. The van der Waals surface area contributed by atoms with E-state index >= 15 is 0 Å². The number of halogens is 1. The quantitative estimate of drug-likeness (QED) is 0.711. The summed E-state index contributed by atoms with van der Waals surface area (Å²) >= 11 is 3.44. The van der Waals surface area contributed by atoms with E-state index in [1.165, 1.54) is 18.4 Å². The van der Waals surface area contributed by atoms with Crippen molar-refractivity contribution in [1.29, 1.82) is 0 Å². The third kappa shape index (κ3) is 4.19. The molecular formula is C13H21BrN2O2S. The van der Waals surface area contributed by atoms with Crippen LogP contribution in [-0.2, 0) is 10.0 Å². The van der Waals surface area contributed by atoms with Crippen LogP contribution in [0.4, 0.5) is 5.69 Å². The van der Waals surface area contributed by atoms with Crippen LogP contribution >= 0.6 is 15.9 Å². The zero-order chi connectivity index (χ0) is 14.5. The molecule has 0 saturated heterocycles. The van der Waals surface area contributed by atoms with Crippen molar-refractivity contribution in [1.82, 2.24) is 4.31 Å². The molecule has 0 saturated carbocycles. The van der Waals surface area contributed by atoms with Crippen LogP contribution in [-0.4, -0.2) is 45.2 Å². The van der Waals surface area contributed by atoms with Crippen molar-refractivity contribution in [3.8, 4) is 0 Å². The average Bonchev–Trinajstić information content (AvgIpc) is 2.38. The molecule has 4 nitrogen and oxygen atoms in total. The number of benzene rings is 1. The predicted octanol–water partition coefficient (Wildman–Crippen LogP) is 2.55. The Morgan fingerprint density at radius 2 is 1.68 bits per heavy atom. The Labute approximate surface area is 124 Å². The monoisotopic (exact) mass is 348 g/mol. The summed E-state index contributed by atoms with van der Waals surface area (Å²) in [6.45, 7) is 4.01. The Balaban J connectivity index is 2.98. The summed E-state index contributed by atoms with van der Waals surface area (Å²) in [7, 11) is -0.260. The maximum absolute atomic E-state index is 12.0. The molecule has 0 heterocycles. The van der Waals surface area contributed by atoms with Gasteiger partial charge < -0.3 is 4.90 Å². The molecule has 1 aromatic carbocycles. The van der Waals surface area contributed by atoms with Gasteiger partial charge in [-0.2, -0.15) is 0 Å². The van der Waals surface area contributed by atoms with E-state index in [1.54, 1.807) is 12.1 Å². The van der Waals surface area contributed by atoms with Crippen LogP contribution in [0, 0.1) is 0 Å². The molecule has 6 heteroatoms. The van der Waals surface area contributed by atoms with Crippen molar-refractivity contribution in [2.75, 3.05) is 37.4 Å². The Kier molecular flexibility index (Phi) is 6.29. The van der Waals surface area contributed by atoms with Gasteiger partial charge in [0.15, 0.2) is 0 Å². The molecule has 0 aromatic heterocycles.